The Kier molecular flexibility index (Phi) is 4.90. The lowest BCUT2D eigenvalue weighted by molar-refractivity contribution is -0.0598. The minimum atomic E-state index is -0.391. The van der Waals surface area contributed by atoms with Gasteiger partial charge in [0.15, 0.2) is 0 Å². The summed E-state index contributed by atoms with van der Waals surface area (Å²) in [7, 11) is 2.92. The number of nitrogens with zero attached hydrogens (tertiary/aromatic N) is 1. The first-order valence-corrected chi connectivity index (χ1v) is 5.33. The third-order valence-electron chi connectivity index (χ3n) is 2.52. The molecule has 0 bridgehead atoms. The number of anilines is 1. The van der Waals surface area contributed by atoms with Crippen LogP contribution in [0.2, 0.25) is 0 Å². The smallest absolute Gasteiger partial charge is 0.306 e. The molecule has 0 aliphatic carbocycles. The van der Waals surface area contributed by atoms with Gasteiger partial charge in [0, 0.05) is 18.7 Å². The number of benzene rings is 1. The average Bonchev–Trinajstić information content (AvgIpc) is 2.37. The number of nitrogens with one attached hydrogen (secondary N) is 1. The number of hydroxylamine groups is 2. The van der Waals surface area contributed by atoms with Gasteiger partial charge in [-0.2, -0.15) is 0 Å². The van der Waals surface area contributed by atoms with Crippen LogP contribution in [0.3, 0.4) is 0 Å². The first kappa shape index (κ1) is 13.4. The molecule has 17 heavy (non-hydrogen) atoms. The molecule has 0 aromatic heterocycles. The minimum absolute atomic E-state index is 0.124. The fourth-order valence-corrected chi connectivity index (χ4v) is 1.27. The molecule has 0 heterocycles. The van der Waals surface area contributed by atoms with Crippen molar-refractivity contribution >= 4 is 11.7 Å². The highest BCUT2D eigenvalue weighted by Crippen LogP contribution is 2.18. The number of hydrogen-bond acceptors (Lipinski definition) is 2. The van der Waals surface area contributed by atoms with E-state index in [2.05, 4.69) is 5.32 Å². The summed E-state index contributed by atoms with van der Waals surface area (Å²) in [4.78, 5) is 16.2. The Morgan fingerprint density at radius 2 is 2.06 bits per heavy atom. The summed E-state index contributed by atoms with van der Waals surface area (Å²) in [5.74, 6) is -0.124. The first-order chi connectivity index (χ1) is 8.08. The van der Waals surface area contributed by atoms with Crippen molar-refractivity contribution in [1.29, 1.82) is 0 Å². The van der Waals surface area contributed by atoms with Crippen LogP contribution in [0.4, 0.5) is 14.9 Å². The molecule has 0 radical (unpaired) electrons. The van der Waals surface area contributed by atoms with Gasteiger partial charge in [0.2, 0.25) is 0 Å². The van der Waals surface area contributed by atoms with E-state index in [1.807, 2.05) is 6.92 Å². The number of carbonyl (C=O) groups excluding carboxylic acids is 1. The predicted octanol–water partition coefficient (Wildman–Crippen LogP) is 2.78. The van der Waals surface area contributed by atoms with Crippen molar-refractivity contribution in [3.05, 3.63) is 29.8 Å². The molecule has 5 heteroatoms. The number of halogens is 1. The molecule has 0 aliphatic heterocycles. The molecule has 2 amide bonds. The van der Waals surface area contributed by atoms with Crippen LogP contribution >= 0.6 is 0 Å². The zero-order valence-corrected chi connectivity index (χ0v) is 10.2. The maximum absolute atomic E-state index is 12.4. The summed E-state index contributed by atoms with van der Waals surface area (Å²) in [5, 5.41) is 3.73. The van der Waals surface area contributed by atoms with E-state index in [0.717, 1.165) is 10.6 Å². The van der Waals surface area contributed by atoms with Crippen molar-refractivity contribution in [3.8, 4) is 0 Å². The van der Waals surface area contributed by atoms with Crippen LogP contribution in [0.1, 0.15) is 18.4 Å². The molecule has 0 saturated carbocycles. The van der Waals surface area contributed by atoms with Gasteiger partial charge in [-0.05, 0) is 17.7 Å². The fourth-order valence-electron chi connectivity index (χ4n) is 1.27. The summed E-state index contributed by atoms with van der Waals surface area (Å²) in [6.07, 6.45) is 0. The van der Waals surface area contributed by atoms with E-state index in [4.69, 9.17) is 4.84 Å². The summed E-state index contributed by atoms with van der Waals surface area (Å²) in [5.41, 5.74) is 1.55. The van der Waals surface area contributed by atoms with Gasteiger partial charge in [-0.25, -0.2) is 9.86 Å². The molecule has 0 fully saturated rings. The number of hydrogen-bond donors (Lipinski definition) is 1. The van der Waals surface area contributed by atoms with E-state index in [9.17, 15) is 9.18 Å². The molecule has 0 aliphatic rings. The van der Waals surface area contributed by atoms with Gasteiger partial charge in [-0.3, -0.25) is 9.23 Å². The van der Waals surface area contributed by atoms with Crippen LogP contribution in [0.15, 0.2) is 24.3 Å². The largest absolute Gasteiger partial charge is 0.345 e. The molecule has 1 aromatic rings. The minimum Gasteiger partial charge on any atom is -0.306 e. The number of urea groups is 1. The molecule has 1 atom stereocenters. The lowest BCUT2D eigenvalue weighted by Gasteiger charge is -2.15. The van der Waals surface area contributed by atoms with E-state index < -0.39 is 6.67 Å². The Balaban J connectivity index is 2.65. The number of rotatable bonds is 4. The van der Waals surface area contributed by atoms with Gasteiger partial charge in [0.1, 0.15) is 0 Å². The third kappa shape index (κ3) is 3.71. The van der Waals surface area contributed by atoms with E-state index in [0.29, 0.717) is 5.69 Å². The molecular formula is C12H17FN2O2. The lowest BCUT2D eigenvalue weighted by atomic mass is 10.0. The van der Waals surface area contributed by atoms with Crippen LogP contribution in [-0.4, -0.2) is 31.9 Å². The summed E-state index contributed by atoms with van der Waals surface area (Å²) >= 11 is 0. The molecule has 1 rings (SSSR count). The van der Waals surface area contributed by atoms with E-state index in [1.54, 1.807) is 24.3 Å². The van der Waals surface area contributed by atoms with Gasteiger partial charge in [-0.15, -0.1) is 0 Å². The van der Waals surface area contributed by atoms with Crippen molar-refractivity contribution in [2.24, 2.45) is 0 Å². The Bertz CT molecular complexity index is 367. The first-order valence-electron chi connectivity index (χ1n) is 5.33. The van der Waals surface area contributed by atoms with Crippen LogP contribution < -0.4 is 5.32 Å². The fraction of sp³-hybridized carbons (Fsp3) is 0.417. The second-order valence-electron chi connectivity index (χ2n) is 3.79. The predicted molar refractivity (Wildman–Crippen MR) is 64.6 cm³/mol. The molecule has 1 aromatic carbocycles. The topological polar surface area (TPSA) is 41.6 Å². The van der Waals surface area contributed by atoms with Gasteiger partial charge < -0.3 is 5.32 Å². The summed E-state index contributed by atoms with van der Waals surface area (Å²) in [6.45, 7) is 1.42. The molecule has 0 spiro atoms. The molecule has 0 saturated heterocycles. The van der Waals surface area contributed by atoms with Crippen LogP contribution in [-0.2, 0) is 4.84 Å². The van der Waals surface area contributed by atoms with Crippen molar-refractivity contribution in [2.45, 2.75) is 12.8 Å². The third-order valence-corrected chi connectivity index (χ3v) is 2.52. The zero-order chi connectivity index (χ0) is 12.8. The molecule has 4 nitrogen and oxygen atoms in total. The SMILES string of the molecule is CON(C)C(=O)Nc1ccc(C(C)CF)cc1. The standard InChI is InChI=1S/C12H17FN2O2/c1-9(8-13)10-4-6-11(7-5-10)14-12(16)15(2)17-3/h4-7,9H,8H2,1-3H3,(H,14,16). The number of amides is 2. The maximum Gasteiger partial charge on any atom is 0.345 e. The van der Waals surface area contributed by atoms with Gasteiger partial charge in [-0.1, -0.05) is 19.1 Å². The van der Waals surface area contributed by atoms with E-state index >= 15 is 0 Å². The summed E-state index contributed by atoms with van der Waals surface area (Å²) in [6, 6.07) is 6.71. The van der Waals surface area contributed by atoms with Gasteiger partial charge in [0.25, 0.3) is 0 Å². The van der Waals surface area contributed by atoms with Gasteiger partial charge >= 0.3 is 6.03 Å². The molecule has 94 valence electrons. The average molecular weight is 240 g/mol. The maximum atomic E-state index is 12.4. The zero-order valence-electron chi connectivity index (χ0n) is 10.2. The van der Waals surface area contributed by atoms with Crippen molar-refractivity contribution < 1.29 is 14.0 Å². The van der Waals surface area contributed by atoms with E-state index in [-0.39, 0.29) is 11.9 Å². The quantitative estimate of drug-likeness (QED) is 0.822. The highest BCUT2D eigenvalue weighted by molar-refractivity contribution is 5.88. The Hall–Kier alpha value is -1.62. The van der Waals surface area contributed by atoms with Crippen molar-refractivity contribution in [1.82, 2.24) is 5.06 Å². The van der Waals surface area contributed by atoms with Crippen molar-refractivity contribution in [2.75, 3.05) is 26.1 Å². The van der Waals surface area contributed by atoms with Crippen molar-refractivity contribution in [3.63, 3.8) is 0 Å². The number of carbonyl (C=O) groups is 1. The lowest BCUT2D eigenvalue weighted by Crippen LogP contribution is -2.30. The van der Waals surface area contributed by atoms with Crippen LogP contribution in [0, 0.1) is 0 Å². The highest BCUT2D eigenvalue weighted by Gasteiger charge is 2.08. The normalized spacial score (nSPS) is 12.0. The highest BCUT2D eigenvalue weighted by atomic mass is 19.1. The Morgan fingerprint density at radius 3 is 2.53 bits per heavy atom. The molecular weight excluding hydrogens is 223 g/mol. The second-order valence-corrected chi connectivity index (χ2v) is 3.79. The van der Waals surface area contributed by atoms with Crippen LogP contribution in [0.25, 0.3) is 0 Å². The second kappa shape index (κ2) is 6.20. The Morgan fingerprint density at radius 1 is 1.47 bits per heavy atom. The summed E-state index contributed by atoms with van der Waals surface area (Å²) < 4.78 is 12.4. The molecule has 1 N–H and O–H groups in total. The molecule has 1 unspecified atom stereocenters. The Labute approximate surface area is 100 Å². The van der Waals surface area contributed by atoms with Crippen LogP contribution in [0.5, 0.6) is 0 Å². The monoisotopic (exact) mass is 240 g/mol. The number of alkyl halides is 1. The van der Waals surface area contributed by atoms with Gasteiger partial charge in [0.05, 0.1) is 13.8 Å². The van der Waals surface area contributed by atoms with E-state index in [1.165, 1.54) is 14.2 Å².